The van der Waals surface area contributed by atoms with E-state index < -0.39 is 14.8 Å². The van der Waals surface area contributed by atoms with Crippen LogP contribution in [0.4, 0.5) is 5.69 Å². The van der Waals surface area contributed by atoms with Gasteiger partial charge in [-0.1, -0.05) is 12.8 Å². The molecular weight excluding hydrogens is 286 g/mol. The normalized spacial score (nSPS) is 16.7. The van der Waals surface area contributed by atoms with E-state index in [0.717, 1.165) is 38.0 Å². The second-order valence-electron chi connectivity index (χ2n) is 4.68. The Morgan fingerprint density at radius 1 is 1.32 bits per heavy atom. The molecule has 1 fully saturated rings. The Morgan fingerprint density at radius 2 is 1.95 bits per heavy atom. The second-order valence-corrected chi connectivity index (χ2v) is 8.04. The quantitative estimate of drug-likeness (QED) is 0.631. The fourth-order valence-electron chi connectivity index (χ4n) is 2.16. The van der Waals surface area contributed by atoms with Gasteiger partial charge in [0.2, 0.25) is 0 Å². The van der Waals surface area contributed by atoms with Crippen LogP contribution in [0, 0.1) is 10.1 Å². The van der Waals surface area contributed by atoms with Crippen molar-refractivity contribution in [1.82, 2.24) is 0 Å². The molecular formula is C12H15NO4S2. The van der Waals surface area contributed by atoms with Crippen LogP contribution in [-0.4, -0.2) is 24.8 Å². The molecule has 0 amide bonds. The van der Waals surface area contributed by atoms with Crippen LogP contribution in [0.3, 0.4) is 0 Å². The molecule has 104 valence electrons. The Bertz CT molecular complexity index is 592. The highest BCUT2D eigenvalue weighted by atomic mass is 32.2. The number of rotatable bonds is 4. The summed E-state index contributed by atoms with van der Waals surface area (Å²) in [6.07, 6.45) is 5.50. The first-order valence-electron chi connectivity index (χ1n) is 6.03. The third-order valence-corrected chi connectivity index (χ3v) is 5.67. The smallest absolute Gasteiger partial charge is 0.258 e. The van der Waals surface area contributed by atoms with E-state index in [9.17, 15) is 18.5 Å². The molecule has 1 aromatic rings. The summed E-state index contributed by atoms with van der Waals surface area (Å²) in [5.74, 6) is 0. The van der Waals surface area contributed by atoms with Crippen molar-refractivity contribution in [2.45, 2.75) is 40.7 Å². The van der Waals surface area contributed by atoms with Crippen LogP contribution in [0.1, 0.15) is 25.7 Å². The van der Waals surface area contributed by atoms with Gasteiger partial charge in [-0.05, 0) is 25.0 Å². The second kappa shape index (κ2) is 5.50. The Morgan fingerprint density at radius 3 is 2.47 bits per heavy atom. The predicted octanol–water partition coefficient (Wildman–Crippen LogP) is 3.03. The Kier molecular flexibility index (Phi) is 4.15. The summed E-state index contributed by atoms with van der Waals surface area (Å²) in [6, 6.07) is 4.16. The van der Waals surface area contributed by atoms with E-state index in [1.807, 2.05) is 0 Å². The van der Waals surface area contributed by atoms with Crippen LogP contribution < -0.4 is 0 Å². The molecule has 1 saturated carbocycles. The van der Waals surface area contributed by atoms with Crippen molar-refractivity contribution in [3.05, 3.63) is 28.3 Å². The number of benzene rings is 1. The molecule has 1 aromatic carbocycles. The summed E-state index contributed by atoms with van der Waals surface area (Å²) in [5, 5.41) is 11.5. The number of hydrogen-bond acceptors (Lipinski definition) is 5. The molecule has 1 aliphatic rings. The molecule has 0 spiro atoms. The van der Waals surface area contributed by atoms with E-state index in [0.29, 0.717) is 10.1 Å². The average Bonchev–Trinajstić information content (AvgIpc) is 2.80. The minimum atomic E-state index is -3.42. The van der Waals surface area contributed by atoms with Gasteiger partial charge in [-0.25, -0.2) is 8.42 Å². The largest absolute Gasteiger partial charge is 0.284 e. The van der Waals surface area contributed by atoms with E-state index in [2.05, 4.69) is 0 Å². The zero-order valence-electron chi connectivity index (χ0n) is 10.5. The third kappa shape index (κ3) is 3.48. The van der Waals surface area contributed by atoms with Crippen LogP contribution in [0.5, 0.6) is 0 Å². The van der Waals surface area contributed by atoms with Crippen LogP contribution in [0.25, 0.3) is 0 Å². The van der Waals surface area contributed by atoms with Gasteiger partial charge >= 0.3 is 0 Å². The number of thioether (sulfide) groups is 1. The summed E-state index contributed by atoms with van der Waals surface area (Å²) in [6.45, 7) is 0. The van der Waals surface area contributed by atoms with Gasteiger partial charge in [-0.3, -0.25) is 10.1 Å². The van der Waals surface area contributed by atoms with Crippen molar-refractivity contribution >= 4 is 27.3 Å². The average molecular weight is 301 g/mol. The van der Waals surface area contributed by atoms with Crippen molar-refractivity contribution in [3.8, 4) is 0 Å². The molecule has 0 radical (unpaired) electrons. The lowest BCUT2D eigenvalue weighted by Crippen LogP contribution is -2.01. The molecule has 0 heterocycles. The highest BCUT2D eigenvalue weighted by Gasteiger charge is 2.23. The van der Waals surface area contributed by atoms with E-state index in [-0.39, 0.29) is 10.6 Å². The lowest BCUT2D eigenvalue weighted by Gasteiger charge is -2.09. The summed E-state index contributed by atoms with van der Waals surface area (Å²) in [4.78, 5) is 11.1. The molecule has 0 saturated heterocycles. The maximum Gasteiger partial charge on any atom is 0.284 e. The van der Waals surface area contributed by atoms with Gasteiger partial charge in [0, 0.05) is 17.6 Å². The van der Waals surface area contributed by atoms with Crippen LogP contribution >= 0.6 is 11.8 Å². The minimum absolute atomic E-state index is 0.00466. The number of nitrogens with zero attached hydrogens (tertiary/aromatic N) is 1. The molecule has 0 bridgehead atoms. The van der Waals surface area contributed by atoms with Crippen LogP contribution in [-0.2, 0) is 9.84 Å². The lowest BCUT2D eigenvalue weighted by molar-refractivity contribution is -0.388. The molecule has 0 aliphatic heterocycles. The summed E-state index contributed by atoms with van der Waals surface area (Å²) in [7, 11) is -3.42. The molecule has 0 aromatic heterocycles. The SMILES string of the molecule is CS(=O)(=O)c1ccc(SC2CCCC2)c([N+](=O)[O-])c1. The highest BCUT2D eigenvalue weighted by Crippen LogP contribution is 2.39. The predicted molar refractivity (Wildman–Crippen MR) is 74.3 cm³/mol. The Labute approximate surface area is 116 Å². The zero-order valence-corrected chi connectivity index (χ0v) is 12.2. The van der Waals surface area contributed by atoms with Gasteiger partial charge in [-0.2, -0.15) is 0 Å². The number of nitro benzene ring substituents is 1. The lowest BCUT2D eigenvalue weighted by atomic mass is 10.3. The first-order chi connectivity index (χ1) is 8.88. The molecule has 0 N–H and O–H groups in total. The molecule has 5 nitrogen and oxygen atoms in total. The fourth-order valence-corrected chi connectivity index (χ4v) is 4.13. The van der Waals surface area contributed by atoms with E-state index in [1.165, 1.54) is 17.8 Å². The topological polar surface area (TPSA) is 77.3 Å². The van der Waals surface area contributed by atoms with Gasteiger partial charge in [0.15, 0.2) is 9.84 Å². The van der Waals surface area contributed by atoms with Crippen molar-refractivity contribution in [2.75, 3.05) is 6.26 Å². The van der Waals surface area contributed by atoms with Gasteiger partial charge < -0.3 is 0 Å². The van der Waals surface area contributed by atoms with Gasteiger partial charge in [-0.15, -0.1) is 11.8 Å². The van der Waals surface area contributed by atoms with Crippen molar-refractivity contribution < 1.29 is 13.3 Å². The third-order valence-electron chi connectivity index (χ3n) is 3.15. The summed E-state index contributed by atoms with van der Waals surface area (Å²) >= 11 is 1.49. The summed E-state index contributed by atoms with van der Waals surface area (Å²) in [5.41, 5.74) is -0.111. The van der Waals surface area contributed by atoms with Gasteiger partial charge in [0.05, 0.1) is 14.7 Å². The van der Waals surface area contributed by atoms with Crippen LogP contribution in [0.15, 0.2) is 28.0 Å². The van der Waals surface area contributed by atoms with Crippen LogP contribution in [0.2, 0.25) is 0 Å². The summed E-state index contributed by atoms with van der Waals surface area (Å²) < 4.78 is 22.9. The molecule has 0 atom stereocenters. The van der Waals surface area contributed by atoms with Crippen molar-refractivity contribution in [3.63, 3.8) is 0 Å². The maximum atomic E-state index is 11.4. The van der Waals surface area contributed by atoms with E-state index in [4.69, 9.17) is 0 Å². The maximum absolute atomic E-state index is 11.4. The standard InChI is InChI=1S/C12H15NO4S2/c1-19(16,17)10-6-7-12(11(8-10)13(14)15)18-9-4-2-3-5-9/h6-9H,2-5H2,1H3. The van der Waals surface area contributed by atoms with E-state index in [1.54, 1.807) is 6.07 Å². The van der Waals surface area contributed by atoms with E-state index >= 15 is 0 Å². The first-order valence-corrected chi connectivity index (χ1v) is 8.80. The number of hydrogen-bond donors (Lipinski definition) is 0. The number of nitro groups is 1. The van der Waals surface area contributed by atoms with Crippen molar-refractivity contribution in [1.29, 1.82) is 0 Å². The first kappa shape index (κ1) is 14.3. The highest BCUT2D eigenvalue weighted by molar-refractivity contribution is 8.00. The Hall–Kier alpha value is -1.08. The fraction of sp³-hybridized carbons (Fsp3) is 0.500. The van der Waals surface area contributed by atoms with Crippen molar-refractivity contribution in [2.24, 2.45) is 0 Å². The molecule has 7 heteroatoms. The zero-order chi connectivity index (χ0) is 14.0. The molecule has 2 rings (SSSR count). The number of sulfone groups is 1. The van der Waals surface area contributed by atoms with Gasteiger partial charge in [0.25, 0.3) is 5.69 Å². The molecule has 19 heavy (non-hydrogen) atoms. The van der Waals surface area contributed by atoms with Gasteiger partial charge in [0.1, 0.15) is 0 Å². The molecule has 0 unspecified atom stereocenters. The minimum Gasteiger partial charge on any atom is -0.258 e. The molecule has 1 aliphatic carbocycles. The monoisotopic (exact) mass is 301 g/mol. The Balaban J connectivity index is 2.35.